The molecule has 0 aliphatic carbocycles. The van der Waals surface area contributed by atoms with Crippen molar-refractivity contribution in [3.8, 4) is 73.2 Å². The maximum atomic E-state index is 5.07. The van der Waals surface area contributed by atoms with E-state index in [9.17, 15) is 0 Å². The van der Waals surface area contributed by atoms with E-state index in [-0.39, 0.29) is 0 Å². The van der Waals surface area contributed by atoms with Crippen LogP contribution in [0.2, 0.25) is 0 Å². The lowest BCUT2D eigenvalue weighted by Gasteiger charge is -2.14. The van der Waals surface area contributed by atoms with Gasteiger partial charge in [-0.2, -0.15) is 0 Å². The second-order valence-corrected chi connectivity index (χ2v) is 13.7. The molecule has 4 nitrogen and oxygen atoms in total. The zero-order valence-electron chi connectivity index (χ0n) is 29.9. The van der Waals surface area contributed by atoms with E-state index in [2.05, 4.69) is 199 Å². The van der Waals surface area contributed by atoms with Crippen LogP contribution in [0.4, 0.5) is 0 Å². The minimum atomic E-state index is 0.626. The SMILES string of the molecule is c1ccc(-c2ccc(-c3nc(-c4ccc(-c5ccccc5)cc4)nc(-c4ccc(-c5ccccc5-n5c6ccccc6c6ccccc65)cc4)n3)cc2)cc1. The average Bonchev–Trinajstić information content (AvgIpc) is 3.61. The summed E-state index contributed by atoms with van der Waals surface area (Å²) in [5.41, 5.74) is 13.2. The Balaban J connectivity index is 1.05. The third-order valence-corrected chi connectivity index (χ3v) is 10.3. The molecule has 0 aliphatic heterocycles. The summed E-state index contributed by atoms with van der Waals surface area (Å²) < 4.78 is 2.38. The van der Waals surface area contributed by atoms with Crippen molar-refractivity contribution in [2.75, 3.05) is 0 Å². The first kappa shape index (κ1) is 32.2. The Kier molecular flexibility index (Phi) is 8.12. The predicted molar refractivity (Wildman–Crippen MR) is 227 cm³/mol. The van der Waals surface area contributed by atoms with Crippen LogP contribution in [0.1, 0.15) is 0 Å². The molecular formula is C51H34N4. The van der Waals surface area contributed by atoms with Gasteiger partial charge in [0.2, 0.25) is 0 Å². The number of fused-ring (bicyclic) bond motifs is 3. The first-order valence-corrected chi connectivity index (χ1v) is 18.5. The van der Waals surface area contributed by atoms with Gasteiger partial charge in [-0.05, 0) is 46.0 Å². The van der Waals surface area contributed by atoms with Crippen molar-refractivity contribution < 1.29 is 0 Å². The van der Waals surface area contributed by atoms with Crippen LogP contribution in [-0.4, -0.2) is 19.5 Å². The number of nitrogens with zero attached hydrogens (tertiary/aromatic N) is 4. The van der Waals surface area contributed by atoms with Crippen LogP contribution in [0.5, 0.6) is 0 Å². The van der Waals surface area contributed by atoms with Crippen molar-refractivity contribution in [1.29, 1.82) is 0 Å². The zero-order valence-corrected chi connectivity index (χ0v) is 29.9. The Hall–Kier alpha value is -7.43. The molecule has 0 fully saturated rings. The van der Waals surface area contributed by atoms with Crippen molar-refractivity contribution in [3.05, 3.63) is 206 Å². The molecule has 2 aromatic heterocycles. The summed E-state index contributed by atoms with van der Waals surface area (Å²) in [6, 6.07) is 72.2. The fourth-order valence-corrected chi connectivity index (χ4v) is 7.54. The van der Waals surface area contributed by atoms with Gasteiger partial charge in [-0.1, -0.05) is 188 Å². The highest BCUT2D eigenvalue weighted by Gasteiger charge is 2.17. The third kappa shape index (κ3) is 6.06. The van der Waals surface area contributed by atoms with E-state index in [0.717, 1.165) is 44.6 Å². The Morgan fingerprint density at radius 2 is 0.582 bits per heavy atom. The largest absolute Gasteiger partial charge is 0.309 e. The highest BCUT2D eigenvalue weighted by molar-refractivity contribution is 6.09. The molecule has 0 unspecified atom stereocenters. The van der Waals surface area contributed by atoms with Gasteiger partial charge >= 0.3 is 0 Å². The lowest BCUT2D eigenvalue weighted by atomic mass is 10.0. The van der Waals surface area contributed by atoms with Crippen LogP contribution in [0.3, 0.4) is 0 Å². The van der Waals surface area contributed by atoms with Gasteiger partial charge in [-0.25, -0.2) is 15.0 Å². The van der Waals surface area contributed by atoms with Crippen molar-refractivity contribution in [2.24, 2.45) is 0 Å². The molecule has 2 heterocycles. The molecule has 0 amide bonds. The molecule has 0 saturated heterocycles. The summed E-state index contributed by atoms with van der Waals surface area (Å²) in [6.45, 7) is 0. The smallest absolute Gasteiger partial charge is 0.164 e. The van der Waals surface area contributed by atoms with Gasteiger partial charge < -0.3 is 4.57 Å². The Bertz CT molecular complexity index is 2780. The Morgan fingerprint density at radius 3 is 1.04 bits per heavy atom. The van der Waals surface area contributed by atoms with Crippen LogP contribution >= 0.6 is 0 Å². The summed E-state index contributed by atoms with van der Waals surface area (Å²) in [6.07, 6.45) is 0. The van der Waals surface area contributed by atoms with Gasteiger partial charge in [-0.3, -0.25) is 0 Å². The molecule has 10 aromatic rings. The molecule has 0 N–H and O–H groups in total. The molecule has 8 aromatic carbocycles. The van der Waals surface area contributed by atoms with Gasteiger partial charge in [0.05, 0.1) is 16.7 Å². The number of hydrogen-bond donors (Lipinski definition) is 0. The second-order valence-electron chi connectivity index (χ2n) is 13.7. The first-order valence-electron chi connectivity index (χ1n) is 18.5. The number of rotatable bonds is 7. The highest BCUT2D eigenvalue weighted by Crippen LogP contribution is 2.37. The molecule has 0 atom stereocenters. The molecule has 0 bridgehead atoms. The molecule has 0 aliphatic rings. The van der Waals surface area contributed by atoms with E-state index < -0.39 is 0 Å². The normalized spacial score (nSPS) is 11.3. The maximum absolute atomic E-state index is 5.07. The van der Waals surface area contributed by atoms with Crippen LogP contribution in [0.15, 0.2) is 206 Å². The van der Waals surface area contributed by atoms with Crippen LogP contribution in [0, 0.1) is 0 Å². The summed E-state index contributed by atoms with van der Waals surface area (Å²) in [4.78, 5) is 15.2. The van der Waals surface area contributed by atoms with Gasteiger partial charge in [0, 0.05) is 33.0 Å². The standard InChI is InChI=1S/C51H34N4/c1-3-13-35(14-4-1)37-23-29-40(30-24-37)49-52-50(41-31-25-38(26-32-41)36-15-5-2-6-16-36)54-51(53-49)42-33-27-39(28-34-42)43-17-7-10-20-46(43)55-47-21-11-8-18-44(47)45-19-9-12-22-48(45)55/h1-34H. The van der Waals surface area contributed by atoms with Crippen LogP contribution < -0.4 is 0 Å². The number of hydrogen-bond acceptors (Lipinski definition) is 3. The first-order chi connectivity index (χ1) is 27.3. The maximum Gasteiger partial charge on any atom is 0.164 e. The monoisotopic (exact) mass is 702 g/mol. The molecular weight excluding hydrogens is 669 g/mol. The fraction of sp³-hybridized carbons (Fsp3) is 0. The van der Waals surface area contributed by atoms with Crippen LogP contribution in [-0.2, 0) is 0 Å². The highest BCUT2D eigenvalue weighted by atomic mass is 15.0. The molecule has 10 rings (SSSR count). The summed E-state index contributed by atoms with van der Waals surface area (Å²) in [7, 11) is 0. The lowest BCUT2D eigenvalue weighted by Crippen LogP contribution is -2.00. The minimum Gasteiger partial charge on any atom is -0.309 e. The molecule has 0 spiro atoms. The van der Waals surface area contributed by atoms with Crippen LogP contribution in [0.25, 0.3) is 95.0 Å². The summed E-state index contributed by atoms with van der Waals surface area (Å²) in [5, 5.41) is 2.49. The topological polar surface area (TPSA) is 43.6 Å². The van der Waals surface area contributed by atoms with E-state index in [1.807, 2.05) is 12.1 Å². The van der Waals surface area contributed by atoms with E-state index in [4.69, 9.17) is 15.0 Å². The molecule has 0 radical (unpaired) electrons. The Morgan fingerprint density at radius 1 is 0.255 bits per heavy atom. The fourth-order valence-electron chi connectivity index (χ4n) is 7.54. The van der Waals surface area contributed by atoms with Gasteiger partial charge in [-0.15, -0.1) is 0 Å². The average molecular weight is 703 g/mol. The zero-order chi connectivity index (χ0) is 36.6. The van der Waals surface area contributed by atoms with E-state index >= 15 is 0 Å². The minimum absolute atomic E-state index is 0.626. The second kappa shape index (κ2) is 13.8. The summed E-state index contributed by atoms with van der Waals surface area (Å²) in [5.74, 6) is 1.89. The van der Waals surface area contributed by atoms with E-state index in [1.165, 1.54) is 32.9 Å². The number of benzene rings is 8. The van der Waals surface area contributed by atoms with Gasteiger partial charge in [0.15, 0.2) is 17.5 Å². The van der Waals surface area contributed by atoms with Crippen molar-refractivity contribution >= 4 is 21.8 Å². The van der Waals surface area contributed by atoms with Crippen molar-refractivity contribution in [3.63, 3.8) is 0 Å². The number of aromatic nitrogens is 4. The van der Waals surface area contributed by atoms with Crippen molar-refractivity contribution in [2.45, 2.75) is 0 Å². The van der Waals surface area contributed by atoms with Gasteiger partial charge in [0.1, 0.15) is 0 Å². The predicted octanol–water partition coefficient (Wildman–Crippen LogP) is 13.0. The third-order valence-electron chi connectivity index (χ3n) is 10.3. The molecule has 0 saturated carbocycles. The Labute approximate surface area is 319 Å². The number of para-hydroxylation sites is 3. The van der Waals surface area contributed by atoms with E-state index in [0.29, 0.717) is 17.5 Å². The summed E-state index contributed by atoms with van der Waals surface area (Å²) >= 11 is 0. The van der Waals surface area contributed by atoms with Crippen molar-refractivity contribution in [1.82, 2.24) is 19.5 Å². The quantitative estimate of drug-likeness (QED) is 0.166. The molecule has 4 heteroatoms. The molecule has 55 heavy (non-hydrogen) atoms. The van der Waals surface area contributed by atoms with Gasteiger partial charge in [0.25, 0.3) is 0 Å². The lowest BCUT2D eigenvalue weighted by molar-refractivity contribution is 1.07. The molecule has 258 valence electrons. The van der Waals surface area contributed by atoms with E-state index in [1.54, 1.807) is 0 Å².